The number of carbonyl (C=O) groups excluding carboxylic acids is 1. The lowest BCUT2D eigenvalue weighted by atomic mass is 9.90. The molecular weight excluding hydrogens is 228 g/mol. The molecule has 0 aromatic heterocycles. The molecule has 1 saturated heterocycles. The molecule has 1 aliphatic rings. The zero-order valence-corrected chi connectivity index (χ0v) is 10.7. The Bertz CT molecular complexity index is 416. The fraction of sp³-hybridized carbons (Fsp3) is 0.500. The molecule has 1 aromatic rings. The number of nitrogens with two attached hydrogens (primary N) is 1. The SMILES string of the molecule is CCC1CN(C(=O)c2ccc(O)cc2)CCC1N. The lowest BCUT2D eigenvalue weighted by molar-refractivity contribution is 0.0649. The second-order valence-electron chi connectivity index (χ2n) is 4.92. The number of rotatable bonds is 2. The summed E-state index contributed by atoms with van der Waals surface area (Å²) in [5.74, 6) is 0.596. The maximum Gasteiger partial charge on any atom is 0.253 e. The maximum atomic E-state index is 12.3. The van der Waals surface area contributed by atoms with Gasteiger partial charge in [-0.05, 0) is 36.6 Å². The second kappa shape index (κ2) is 5.40. The summed E-state index contributed by atoms with van der Waals surface area (Å²) < 4.78 is 0. The Balaban J connectivity index is 2.07. The van der Waals surface area contributed by atoms with Crippen LogP contribution in [0.3, 0.4) is 0 Å². The minimum atomic E-state index is 0.0281. The Hall–Kier alpha value is -1.55. The number of amides is 1. The number of nitrogens with zero attached hydrogens (tertiary/aromatic N) is 1. The summed E-state index contributed by atoms with van der Waals surface area (Å²) in [4.78, 5) is 14.1. The molecular formula is C14H20N2O2. The van der Waals surface area contributed by atoms with E-state index < -0.39 is 0 Å². The number of hydrogen-bond donors (Lipinski definition) is 2. The number of piperidine rings is 1. The molecule has 0 bridgehead atoms. The fourth-order valence-corrected chi connectivity index (χ4v) is 2.45. The monoisotopic (exact) mass is 248 g/mol. The predicted octanol–water partition coefficient (Wildman–Crippen LogP) is 1.59. The molecule has 18 heavy (non-hydrogen) atoms. The van der Waals surface area contributed by atoms with Gasteiger partial charge in [-0.3, -0.25) is 4.79 Å². The summed E-state index contributed by atoms with van der Waals surface area (Å²) in [6.07, 6.45) is 1.86. The van der Waals surface area contributed by atoms with Gasteiger partial charge in [0.2, 0.25) is 0 Å². The number of carbonyl (C=O) groups is 1. The van der Waals surface area contributed by atoms with E-state index in [0.717, 1.165) is 25.9 Å². The molecule has 3 N–H and O–H groups in total. The zero-order valence-electron chi connectivity index (χ0n) is 10.7. The van der Waals surface area contributed by atoms with Crippen LogP contribution in [0.4, 0.5) is 0 Å². The molecule has 0 radical (unpaired) electrons. The Morgan fingerprint density at radius 1 is 1.44 bits per heavy atom. The van der Waals surface area contributed by atoms with Crippen LogP contribution in [0, 0.1) is 5.92 Å². The van der Waals surface area contributed by atoms with Gasteiger partial charge in [0.05, 0.1) is 0 Å². The van der Waals surface area contributed by atoms with Crippen molar-refractivity contribution in [3.05, 3.63) is 29.8 Å². The van der Waals surface area contributed by atoms with Crippen LogP contribution in [0.25, 0.3) is 0 Å². The predicted molar refractivity (Wildman–Crippen MR) is 70.4 cm³/mol. The number of hydrogen-bond acceptors (Lipinski definition) is 3. The molecule has 4 heteroatoms. The summed E-state index contributed by atoms with van der Waals surface area (Å²) in [6.45, 7) is 3.56. The molecule has 0 saturated carbocycles. The van der Waals surface area contributed by atoms with Gasteiger partial charge in [-0.25, -0.2) is 0 Å². The van der Waals surface area contributed by atoms with E-state index in [-0.39, 0.29) is 17.7 Å². The van der Waals surface area contributed by atoms with E-state index >= 15 is 0 Å². The van der Waals surface area contributed by atoms with E-state index in [4.69, 9.17) is 5.73 Å². The summed E-state index contributed by atoms with van der Waals surface area (Å²) in [5, 5.41) is 9.22. The quantitative estimate of drug-likeness (QED) is 0.835. The smallest absolute Gasteiger partial charge is 0.253 e. The fourth-order valence-electron chi connectivity index (χ4n) is 2.45. The van der Waals surface area contributed by atoms with Crippen LogP contribution in [0.15, 0.2) is 24.3 Å². The van der Waals surface area contributed by atoms with Crippen molar-refractivity contribution < 1.29 is 9.90 Å². The van der Waals surface area contributed by atoms with Gasteiger partial charge in [0, 0.05) is 24.7 Å². The normalized spacial score (nSPS) is 24.0. The number of phenolic OH excluding ortho intramolecular Hbond substituents is 1. The molecule has 1 aliphatic heterocycles. The van der Waals surface area contributed by atoms with Crippen LogP contribution in [-0.4, -0.2) is 35.0 Å². The van der Waals surface area contributed by atoms with Crippen molar-refractivity contribution in [2.24, 2.45) is 11.7 Å². The average molecular weight is 248 g/mol. The Morgan fingerprint density at radius 2 is 2.11 bits per heavy atom. The highest BCUT2D eigenvalue weighted by Crippen LogP contribution is 2.21. The van der Waals surface area contributed by atoms with E-state index in [1.54, 1.807) is 24.3 Å². The Kier molecular flexibility index (Phi) is 3.87. The summed E-state index contributed by atoms with van der Waals surface area (Å²) >= 11 is 0. The molecule has 0 spiro atoms. The highest BCUT2D eigenvalue weighted by Gasteiger charge is 2.28. The van der Waals surface area contributed by atoms with E-state index in [0.29, 0.717) is 11.5 Å². The lowest BCUT2D eigenvalue weighted by Crippen LogP contribution is -2.49. The number of phenols is 1. The summed E-state index contributed by atoms with van der Waals surface area (Å²) in [5.41, 5.74) is 6.66. The van der Waals surface area contributed by atoms with Gasteiger partial charge in [-0.15, -0.1) is 0 Å². The molecule has 1 heterocycles. The number of likely N-dealkylation sites (tertiary alicyclic amines) is 1. The van der Waals surface area contributed by atoms with Crippen molar-refractivity contribution in [2.75, 3.05) is 13.1 Å². The molecule has 4 nitrogen and oxygen atoms in total. The molecule has 0 aliphatic carbocycles. The van der Waals surface area contributed by atoms with Crippen LogP contribution in [0.2, 0.25) is 0 Å². The van der Waals surface area contributed by atoms with Crippen molar-refractivity contribution in [1.29, 1.82) is 0 Å². The van der Waals surface area contributed by atoms with Gasteiger partial charge in [0.1, 0.15) is 5.75 Å². The van der Waals surface area contributed by atoms with E-state index in [2.05, 4.69) is 6.92 Å². The minimum absolute atomic E-state index is 0.0281. The molecule has 98 valence electrons. The first kappa shape index (κ1) is 12.9. The van der Waals surface area contributed by atoms with Crippen LogP contribution in [0.5, 0.6) is 5.75 Å². The van der Waals surface area contributed by atoms with E-state index in [1.807, 2.05) is 4.90 Å². The first-order valence-electron chi connectivity index (χ1n) is 6.45. The van der Waals surface area contributed by atoms with E-state index in [1.165, 1.54) is 0 Å². The van der Waals surface area contributed by atoms with E-state index in [9.17, 15) is 9.90 Å². The third-order valence-corrected chi connectivity index (χ3v) is 3.72. The molecule has 2 rings (SSSR count). The second-order valence-corrected chi connectivity index (χ2v) is 4.92. The van der Waals surface area contributed by atoms with Gasteiger partial charge in [0.15, 0.2) is 0 Å². The zero-order chi connectivity index (χ0) is 13.1. The average Bonchev–Trinajstić information content (AvgIpc) is 2.39. The van der Waals surface area contributed by atoms with Crippen LogP contribution < -0.4 is 5.73 Å². The standard InChI is InChI=1S/C14H20N2O2/c1-2-10-9-16(8-7-13(10)15)14(18)11-3-5-12(17)6-4-11/h3-6,10,13,17H,2,7-9,15H2,1H3. The highest BCUT2D eigenvalue weighted by atomic mass is 16.3. The van der Waals surface area contributed by atoms with Gasteiger partial charge in [0.25, 0.3) is 5.91 Å². The summed E-state index contributed by atoms with van der Waals surface area (Å²) in [6, 6.07) is 6.61. The lowest BCUT2D eigenvalue weighted by Gasteiger charge is -2.36. The van der Waals surface area contributed by atoms with Gasteiger partial charge in [-0.1, -0.05) is 13.3 Å². The molecule has 1 aromatic carbocycles. The molecule has 1 amide bonds. The maximum absolute atomic E-state index is 12.3. The topological polar surface area (TPSA) is 66.6 Å². The Labute approximate surface area is 107 Å². The molecule has 1 fully saturated rings. The minimum Gasteiger partial charge on any atom is -0.508 e. The van der Waals surface area contributed by atoms with Crippen molar-refractivity contribution in [1.82, 2.24) is 4.90 Å². The largest absolute Gasteiger partial charge is 0.508 e. The third-order valence-electron chi connectivity index (χ3n) is 3.72. The molecule has 2 unspecified atom stereocenters. The van der Waals surface area contributed by atoms with Crippen LogP contribution in [-0.2, 0) is 0 Å². The third kappa shape index (κ3) is 2.64. The first-order valence-corrected chi connectivity index (χ1v) is 6.45. The van der Waals surface area contributed by atoms with Crippen LogP contribution >= 0.6 is 0 Å². The molecule has 2 atom stereocenters. The number of benzene rings is 1. The van der Waals surface area contributed by atoms with Gasteiger partial charge in [-0.2, -0.15) is 0 Å². The van der Waals surface area contributed by atoms with Crippen molar-refractivity contribution in [3.8, 4) is 5.75 Å². The number of aromatic hydroxyl groups is 1. The van der Waals surface area contributed by atoms with Crippen molar-refractivity contribution >= 4 is 5.91 Å². The van der Waals surface area contributed by atoms with Crippen LogP contribution in [0.1, 0.15) is 30.1 Å². The Morgan fingerprint density at radius 3 is 2.72 bits per heavy atom. The summed E-state index contributed by atoms with van der Waals surface area (Å²) in [7, 11) is 0. The highest BCUT2D eigenvalue weighted by molar-refractivity contribution is 5.94. The van der Waals surface area contributed by atoms with Gasteiger partial charge >= 0.3 is 0 Å². The first-order chi connectivity index (χ1) is 8.61. The van der Waals surface area contributed by atoms with Crippen molar-refractivity contribution in [2.45, 2.75) is 25.8 Å². The van der Waals surface area contributed by atoms with Gasteiger partial charge < -0.3 is 15.7 Å². The van der Waals surface area contributed by atoms with Crippen molar-refractivity contribution in [3.63, 3.8) is 0 Å².